The number of hydrogen-bond acceptors (Lipinski definition) is 4. The molecule has 0 spiro atoms. The lowest BCUT2D eigenvalue weighted by atomic mass is 10.1. The topological polar surface area (TPSA) is 73.9 Å². The van der Waals surface area contributed by atoms with Crippen LogP contribution in [0.1, 0.15) is 20.8 Å². The van der Waals surface area contributed by atoms with Crippen LogP contribution in [0.2, 0.25) is 0 Å². The summed E-state index contributed by atoms with van der Waals surface area (Å²) in [7, 11) is 0. The lowest BCUT2D eigenvalue weighted by Gasteiger charge is -2.40. The monoisotopic (exact) mass is 332 g/mol. The van der Waals surface area contributed by atoms with Crippen molar-refractivity contribution in [2.24, 2.45) is 0 Å². The van der Waals surface area contributed by atoms with Crippen LogP contribution in [0, 0.1) is 0 Å². The molecule has 3 amide bonds. The predicted molar refractivity (Wildman–Crippen MR) is 92.4 cm³/mol. The first-order chi connectivity index (χ1) is 11.3. The van der Waals surface area contributed by atoms with Gasteiger partial charge >= 0.3 is 12.1 Å². The number of likely N-dealkylation sites (tertiary alicyclic amines) is 1. The van der Waals surface area contributed by atoms with Crippen molar-refractivity contribution in [1.29, 1.82) is 0 Å². The van der Waals surface area contributed by atoms with E-state index in [9.17, 15) is 9.59 Å². The number of carbonyl (C=O) groups is 2. The van der Waals surface area contributed by atoms with E-state index in [-0.39, 0.29) is 18.2 Å². The molecule has 7 heteroatoms. The van der Waals surface area contributed by atoms with E-state index in [1.54, 1.807) is 9.80 Å². The van der Waals surface area contributed by atoms with Gasteiger partial charge in [0.1, 0.15) is 5.60 Å². The highest BCUT2D eigenvalue weighted by atomic mass is 16.6. The summed E-state index contributed by atoms with van der Waals surface area (Å²) in [5, 5.41) is 6.19. The van der Waals surface area contributed by atoms with Gasteiger partial charge in [0.05, 0.1) is 6.04 Å². The van der Waals surface area contributed by atoms with Crippen LogP contribution < -0.4 is 15.5 Å². The molecular weight excluding hydrogens is 308 g/mol. The van der Waals surface area contributed by atoms with Gasteiger partial charge in [0.15, 0.2) is 0 Å². The molecule has 2 aliphatic heterocycles. The summed E-state index contributed by atoms with van der Waals surface area (Å²) < 4.78 is 5.35. The second kappa shape index (κ2) is 6.22. The number of benzene rings is 1. The maximum Gasteiger partial charge on any atom is 0.410 e. The Hall–Kier alpha value is -2.44. The number of carbonyl (C=O) groups excluding carboxylic acids is 2. The first-order valence-electron chi connectivity index (χ1n) is 8.22. The van der Waals surface area contributed by atoms with Crippen molar-refractivity contribution in [3.05, 3.63) is 24.3 Å². The van der Waals surface area contributed by atoms with Gasteiger partial charge in [-0.3, -0.25) is 4.90 Å². The van der Waals surface area contributed by atoms with E-state index in [0.717, 1.165) is 11.4 Å². The van der Waals surface area contributed by atoms with E-state index in [0.29, 0.717) is 26.2 Å². The predicted octanol–water partition coefficient (Wildman–Crippen LogP) is 2.25. The van der Waals surface area contributed by atoms with Gasteiger partial charge in [-0.05, 0) is 39.0 Å². The summed E-state index contributed by atoms with van der Waals surface area (Å²) >= 11 is 0. The molecule has 7 nitrogen and oxygen atoms in total. The number of urea groups is 1. The Morgan fingerprint density at radius 3 is 2.71 bits per heavy atom. The van der Waals surface area contributed by atoms with Crippen molar-refractivity contribution in [1.82, 2.24) is 10.2 Å². The van der Waals surface area contributed by atoms with Crippen molar-refractivity contribution >= 4 is 23.5 Å². The summed E-state index contributed by atoms with van der Waals surface area (Å²) in [6.07, 6.45) is -0.275. The Labute approximate surface area is 141 Å². The molecule has 1 aromatic rings. The molecule has 0 atom stereocenters. The molecule has 0 unspecified atom stereocenters. The van der Waals surface area contributed by atoms with E-state index in [4.69, 9.17) is 4.74 Å². The quantitative estimate of drug-likeness (QED) is 0.890. The number of ether oxygens (including phenoxy) is 1. The SMILES string of the molecule is CC(C)(C)OC(=O)N1CC(Nc2cccc(N3CCNC3=O)c2)C1. The zero-order valence-corrected chi connectivity index (χ0v) is 14.3. The Balaban J connectivity index is 1.53. The third-order valence-corrected chi connectivity index (χ3v) is 3.92. The van der Waals surface area contributed by atoms with E-state index in [1.807, 2.05) is 45.0 Å². The van der Waals surface area contributed by atoms with Crippen molar-refractivity contribution in [3.63, 3.8) is 0 Å². The second-order valence-corrected chi connectivity index (χ2v) is 7.16. The molecule has 130 valence electrons. The molecule has 2 aliphatic rings. The van der Waals surface area contributed by atoms with Crippen LogP contribution in [0.5, 0.6) is 0 Å². The second-order valence-electron chi connectivity index (χ2n) is 7.16. The zero-order chi connectivity index (χ0) is 17.3. The van der Waals surface area contributed by atoms with Gasteiger partial charge in [0.25, 0.3) is 0 Å². The Bertz CT molecular complexity index is 635. The van der Waals surface area contributed by atoms with Gasteiger partial charge in [-0.2, -0.15) is 0 Å². The molecule has 2 fully saturated rings. The molecule has 0 aliphatic carbocycles. The lowest BCUT2D eigenvalue weighted by Crippen LogP contribution is -2.57. The van der Waals surface area contributed by atoms with E-state index < -0.39 is 5.60 Å². The number of rotatable bonds is 3. The Kier molecular flexibility index (Phi) is 4.26. The maximum absolute atomic E-state index is 11.9. The number of nitrogens with one attached hydrogen (secondary N) is 2. The minimum Gasteiger partial charge on any atom is -0.444 e. The zero-order valence-electron chi connectivity index (χ0n) is 14.3. The van der Waals surface area contributed by atoms with Gasteiger partial charge in [0, 0.05) is 37.6 Å². The van der Waals surface area contributed by atoms with Crippen LogP contribution in [0.3, 0.4) is 0 Å². The normalized spacial score (nSPS) is 18.2. The van der Waals surface area contributed by atoms with Crippen LogP contribution in [0.25, 0.3) is 0 Å². The van der Waals surface area contributed by atoms with Gasteiger partial charge in [-0.1, -0.05) is 6.07 Å². The summed E-state index contributed by atoms with van der Waals surface area (Å²) in [6, 6.07) is 7.90. The molecule has 0 saturated carbocycles. The molecule has 3 rings (SSSR count). The highest BCUT2D eigenvalue weighted by Crippen LogP contribution is 2.23. The molecule has 1 aromatic carbocycles. The molecule has 24 heavy (non-hydrogen) atoms. The summed E-state index contributed by atoms with van der Waals surface area (Å²) in [5.41, 5.74) is 1.35. The number of nitrogens with zero attached hydrogens (tertiary/aromatic N) is 2. The first-order valence-corrected chi connectivity index (χ1v) is 8.22. The van der Waals surface area contributed by atoms with E-state index >= 15 is 0 Å². The van der Waals surface area contributed by atoms with Gasteiger partial charge in [-0.15, -0.1) is 0 Å². The average Bonchev–Trinajstić information content (AvgIpc) is 2.87. The third-order valence-electron chi connectivity index (χ3n) is 3.92. The summed E-state index contributed by atoms with van der Waals surface area (Å²) in [5.74, 6) is 0. The van der Waals surface area contributed by atoms with Gasteiger partial charge in [0.2, 0.25) is 0 Å². The van der Waals surface area contributed by atoms with Crippen molar-refractivity contribution in [2.75, 3.05) is 36.4 Å². The van der Waals surface area contributed by atoms with Crippen LogP contribution in [-0.2, 0) is 4.74 Å². The average molecular weight is 332 g/mol. The van der Waals surface area contributed by atoms with Crippen LogP contribution in [-0.4, -0.2) is 54.8 Å². The number of anilines is 2. The molecule has 0 radical (unpaired) electrons. The van der Waals surface area contributed by atoms with Crippen LogP contribution in [0.4, 0.5) is 21.0 Å². The lowest BCUT2D eigenvalue weighted by molar-refractivity contribution is 0.0105. The minimum atomic E-state index is -0.472. The highest BCUT2D eigenvalue weighted by Gasteiger charge is 2.33. The molecule has 2 N–H and O–H groups in total. The van der Waals surface area contributed by atoms with Crippen molar-refractivity contribution in [2.45, 2.75) is 32.4 Å². The molecule has 0 aromatic heterocycles. The maximum atomic E-state index is 11.9. The van der Waals surface area contributed by atoms with Crippen LogP contribution >= 0.6 is 0 Å². The first kappa shape index (κ1) is 16.4. The highest BCUT2D eigenvalue weighted by molar-refractivity contribution is 5.94. The van der Waals surface area contributed by atoms with Crippen molar-refractivity contribution < 1.29 is 14.3 Å². The minimum absolute atomic E-state index is 0.0631. The van der Waals surface area contributed by atoms with E-state index in [2.05, 4.69) is 10.6 Å². The fourth-order valence-electron chi connectivity index (χ4n) is 2.76. The number of amides is 3. The van der Waals surface area contributed by atoms with E-state index in [1.165, 1.54) is 0 Å². The Morgan fingerprint density at radius 1 is 1.33 bits per heavy atom. The fourth-order valence-corrected chi connectivity index (χ4v) is 2.76. The molecule has 2 heterocycles. The summed E-state index contributed by atoms with van der Waals surface area (Å²) in [4.78, 5) is 27.1. The van der Waals surface area contributed by atoms with Gasteiger partial charge < -0.3 is 20.3 Å². The van der Waals surface area contributed by atoms with Gasteiger partial charge in [-0.25, -0.2) is 9.59 Å². The number of hydrogen-bond donors (Lipinski definition) is 2. The molecular formula is C17H24N4O3. The molecule has 0 bridgehead atoms. The fraction of sp³-hybridized carbons (Fsp3) is 0.529. The standard InChI is InChI=1S/C17H24N4O3/c1-17(2,3)24-16(23)20-10-13(11-20)19-12-5-4-6-14(9-12)21-8-7-18-15(21)22/h4-6,9,13,19H,7-8,10-11H2,1-3H3,(H,18,22). The largest absolute Gasteiger partial charge is 0.444 e. The summed E-state index contributed by atoms with van der Waals surface area (Å²) in [6.45, 7) is 8.16. The Morgan fingerprint density at radius 2 is 2.08 bits per heavy atom. The smallest absolute Gasteiger partial charge is 0.410 e. The van der Waals surface area contributed by atoms with Crippen molar-refractivity contribution in [3.8, 4) is 0 Å². The van der Waals surface area contributed by atoms with Crippen LogP contribution in [0.15, 0.2) is 24.3 Å². The molecule has 2 saturated heterocycles. The third kappa shape index (κ3) is 3.72.